The van der Waals surface area contributed by atoms with Gasteiger partial charge in [-0.05, 0) is 59.8 Å². The summed E-state index contributed by atoms with van der Waals surface area (Å²) in [6.45, 7) is 1.45. The summed E-state index contributed by atoms with van der Waals surface area (Å²) in [5.41, 5.74) is 2.18. The first-order valence-corrected chi connectivity index (χ1v) is 9.19. The summed E-state index contributed by atoms with van der Waals surface area (Å²) < 4.78 is 10.5. The molecule has 2 aromatic rings. The van der Waals surface area contributed by atoms with E-state index in [0.717, 1.165) is 5.56 Å². The molecule has 1 saturated heterocycles. The van der Waals surface area contributed by atoms with E-state index < -0.39 is 0 Å². The summed E-state index contributed by atoms with van der Waals surface area (Å²) in [5.74, 6) is 0.863. The van der Waals surface area contributed by atoms with Crippen LogP contribution in [0.15, 0.2) is 52.4 Å². The molecule has 2 amide bonds. The maximum absolute atomic E-state index is 12.2. The van der Waals surface area contributed by atoms with E-state index in [1.807, 2.05) is 6.07 Å². The topological polar surface area (TPSA) is 89.0 Å². The molecule has 7 nitrogen and oxygen atoms in total. The maximum atomic E-state index is 12.2. The van der Waals surface area contributed by atoms with Gasteiger partial charge < -0.3 is 20.1 Å². The highest BCUT2D eigenvalue weighted by Gasteiger charge is 2.24. The monoisotopic (exact) mass is 397 g/mol. The molecule has 0 spiro atoms. The molecule has 144 valence electrons. The third-order valence-corrected chi connectivity index (χ3v) is 4.68. The molecule has 1 fully saturated rings. The van der Waals surface area contributed by atoms with Crippen LogP contribution < -0.4 is 20.1 Å². The highest BCUT2D eigenvalue weighted by atomic mass is 32.2. The molecule has 0 saturated carbocycles. The Kier molecular flexibility index (Phi) is 6.00. The summed E-state index contributed by atoms with van der Waals surface area (Å²) in [7, 11) is 3.13. The minimum atomic E-state index is -0.214. The molecule has 28 heavy (non-hydrogen) atoms. The Labute approximate surface area is 166 Å². The maximum Gasteiger partial charge on any atom is 0.264 e. The molecule has 1 aliphatic heterocycles. The van der Waals surface area contributed by atoms with E-state index in [1.54, 1.807) is 56.7 Å². The van der Waals surface area contributed by atoms with Crippen molar-refractivity contribution in [3.8, 4) is 11.5 Å². The number of carbonyl (C=O) groups is 2. The highest BCUT2D eigenvalue weighted by molar-refractivity contribution is 8.18. The van der Waals surface area contributed by atoms with Crippen LogP contribution in [-0.4, -0.2) is 31.2 Å². The number of methoxy groups -OCH3 is 2. The summed E-state index contributed by atoms with van der Waals surface area (Å²) >= 11 is 1.26. The van der Waals surface area contributed by atoms with Gasteiger partial charge in [0, 0.05) is 12.6 Å². The van der Waals surface area contributed by atoms with E-state index in [2.05, 4.69) is 15.6 Å². The van der Waals surface area contributed by atoms with Crippen molar-refractivity contribution in [3.63, 3.8) is 0 Å². The van der Waals surface area contributed by atoms with Crippen LogP contribution in [0.25, 0.3) is 6.08 Å². The Morgan fingerprint density at radius 3 is 2.46 bits per heavy atom. The molecule has 0 atom stereocenters. The van der Waals surface area contributed by atoms with Gasteiger partial charge in [0.15, 0.2) is 16.7 Å². The molecule has 0 unspecified atom stereocenters. The van der Waals surface area contributed by atoms with Gasteiger partial charge in [-0.15, -0.1) is 0 Å². The largest absolute Gasteiger partial charge is 0.493 e. The van der Waals surface area contributed by atoms with Gasteiger partial charge in [-0.1, -0.05) is 6.07 Å². The molecule has 0 radical (unpaired) electrons. The number of ether oxygens (including phenoxy) is 2. The van der Waals surface area contributed by atoms with E-state index in [-0.39, 0.29) is 11.8 Å². The molecular weight excluding hydrogens is 378 g/mol. The summed E-state index contributed by atoms with van der Waals surface area (Å²) in [5, 5.41) is 5.93. The van der Waals surface area contributed by atoms with Gasteiger partial charge in [0.25, 0.3) is 5.91 Å². The van der Waals surface area contributed by atoms with Gasteiger partial charge in [-0.25, -0.2) is 4.99 Å². The van der Waals surface area contributed by atoms with Gasteiger partial charge in [-0.2, -0.15) is 0 Å². The zero-order valence-corrected chi connectivity index (χ0v) is 16.4. The lowest BCUT2D eigenvalue weighted by atomic mass is 10.2. The van der Waals surface area contributed by atoms with Crippen LogP contribution in [0.5, 0.6) is 11.5 Å². The van der Waals surface area contributed by atoms with Crippen molar-refractivity contribution in [2.45, 2.75) is 6.92 Å². The third kappa shape index (κ3) is 4.72. The average Bonchev–Trinajstić information content (AvgIpc) is 3.01. The molecule has 8 heteroatoms. The van der Waals surface area contributed by atoms with Crippen molar-refractivity contribution >= 4 is 46.2 Å². The first kappa shape index (κ1) is 19.5. The number of nitrogens with zero attached hydrogens (tertiary/aromatic N) is 1. The van der Waals surface area contributed by atoms with Crippen molar-refractivity contribution in [2.24, 2.45) is 4.99 Å². The number of aliphatic imine (C=N–C) groups is 1. The Morgan fingerprint density at radius 1 is 1.11 bits per heavy atom. The van der Waals surface area contributed by atoms with Gasteiger partial charge >= 0.3 is 0 Å². The molecule has 2 aromatic carbocycles. The smallest absolute Gasteiger partial charge is 0.264 e. The zero-order valence-electron chi connectivity index (χ0n) is 15.6. The van der Waals surface area contributed by atoms with E-state index in [0.29, 0.717) is 32.9 Å². The fraction of sp³-hybridized carbons (Fsp3) is 0.150. The number of hydrogen-bond acceptors (Lipinski definition) is 6. The fourth-order valence-corrected chi connectivity index (χ4v) is 3.36. The Hall–Kier alpha value is -3.26. The number of thioether (sulfide) groups is 1. The lowest BCUT2D eigenvalue weighted by Crippen LogP contribution is -2.19. The molecule has 2 N–H and O–H groups in total. The number of amides is 2. The van der Waals surface area contributed by atoms with Gasteiger partial charge in [-0.3, -0.25) is 9.59 Å². The Balaban J connectivity index is 1.76. The number of nitrogens with one attached hydrogen (secondary N) is 2. The summed E-state index contributed by atoms with van der Waals surface area (Å²) in [4.78, 5) is 28.3. The molecule has 1 heterocycles. The van der Waals surface area contributed by atoms with E-state index >= 15 is 0 Å². The van der Waals surface area contributed by atoms with Crippen molar-refractivity contribution in [1.29, 1.82) is 0 Å². The van der Waals surface area contributed by atoms with Crippen molar-refractivity contribution in [1.82, 2.24) is 5.32 Å². The van der Waals surface area contributed by atoms with Gasteiger partial charge in [0.1, 0.15) is 0 Å². The van der Waals surface area contributed by atoms with E-state index in [1.165, 1.54) is 18.7 Å². The molecule has 0 aliphatic carbocycles. The van der Waals surface area contributed by atoms with Crippen LogP contribution in [0.4, 0.5) is 11.4 Å². The summed E-state index contributed by atoms with van der Waals surface area (Å²) in [6, 6.07) is 12.5. The molecule has 0 aromatic heterocycles. The van der Waals surface area contributed by atoms with Crippen molar-refractivity contribution in [3.05, 3.63) is 52.9 Å². The van der Waals surface area contributed by atoms with Crippen molar-refractivity contribution < 1.29 is 19.1 Å². The second kappa shape index (κ2) is 8.62. The molecule has 3 rings (SSSR count). The standard InChI is InChI=1S/C20H19N3O4S/c1-12(24)21-14-5-7-15(8-6-14)22-20-23-19(25)18(28-20)11-13-4-9-16(26-2)17(10-13)27-3/h4-11H,1-3H3,(H,21,24)(H,22,23,25). The first-order chi connectivity index (χ1) is 13.5. The second-order valence-corrected chi connectivity index (χ2v) is 6.85. The van der Waals surface area contributed by atoms with Crippen molar-refractivity contribution in [2.75, 3.05) is 19.5 Å². The minimum absolute atomic E-state index is 0.136. The molecule has 1 aliphatic rings. The van der Waals surface area contributed by atoms with Crippen LogP contribution >= 0.6 is 11.8 Å². The highest BCUT2D eigenvalue weighted by Crippen LogP contribution is 2.32. The number of rotatable bonds is 5. The Bertz CT molecular complexity index is 968. The third-order valence-electron chi connectivity index (χ3n) is 3.77. The predicted octanol–water partition coefficient (Wildman–Crippen LogP) is 3.55. The second-order valence-electron chi connectivity index (χ2n) is 5.82. The SMILES string of the molecule is COc1ccc(C=C2SC(=Nc3ccc(NC(C)=O)cc3)NC2=O)cc1OC. The van der Waals surface area contributed by atoms with Gasteiger partial charge in [0.2, 0.25) is 5.91 Å². The number of carbonyl (C=O) groups excluding carboxylic acids is 2. The average molecular weight is 397 g/mol. The fourth-order valence-electron chi connectivity index (χ4n) is 2.51. The number of benzene rings is 2. The molecule has 0 bridgehead atoms. The summed E-state index contributed by atoms with van der Waals surface area (Å²) in [6.07, 6.45) is 1.77. The van der Waals surface area contributed by atoms with Crippen LogP contribution in [0.1, 0.15) is 12.5 Å². The molecular formula is C20H19N3O4S. The van der Waals surface area contributed by atoms with Crippen LogP contribution in [0, 0.1) is 0 Å². The first-order valence-electron chi connectivity index (χ1n) is 8.38. The van der Waals surface area contributed by atoms with E-state index in [9.17, 15) is 9.59 Å². The number of anilines is 1. The quantitative estimate of drug-likeness (QED) is 0.753. The minimum Gasteiger partial charge on any atom is -0.493 e. The predicted molar refractivity (Wildman–Crippen MR) is 111 cm³/mol. The van der Waals surface area contributed by atoms with Crippen LogP contribution in [0.2, 0.25) is 0 Å². The Morgan fingerprint density at radius 2 is 1.82 bits per heavy atom. The normalized spacial score (nSPS) is 16.2. The van der Waals surface area contributed by atoms with E-state index in [4.69, 9.17) is 9.47 Å². The lowest BCUT2D eigenvalue weighted by molar-refractivity contribution is -0.115. The lowest BCUT2D eigenvalue weighted by Gasteiger charge is -2.07. The van der Waals surface area contributed by atoms with Crippen LogP contribution in [0.3, 0.4) is 0 Å². The number of hydrogen-bond donors (Lipinski definition) is 2. The number of amidine groups is 1. The van der Waals surface area contributed by atoms with Crippen LogP contribution in [-0.2, 0) is 9.59 Å². The van der Waals surface area contributed by atoms with Gasteiger partial charge in [0.05, 0.1) is 24.8 Å². The zero-order chi connectivity index (χ0) is 20.1.